The fourth-order valence-electron chi connectivity index (χ4n) is 2.96. The molecule has 0 saturated carbocycles. The molecule has 2 heterocycles. The van der Waals surface area contributed by atoms with Crippen molar-refractivity contribution in [3.8, 4) is 0 Å². The molecule has 0 spiro atoms. The average Bonchev–Trinajstić information content (AvgIpc) is 2.29. The van der Waals surface area contributed by atoms with Crippen LogP contribution in [0.2, 0.25) is 0 Å². The van der Waals surface area contributed by atoms with Gasteiger partial charge in [-0.15, -0.1) is 9.60 Å². The van der Waals surface area contributed by atoms with Gasteiger partial charge in [0.05, 0.1) is 0 Å². The zero-order valence-corrected chi connectivity index (χ0v) is 11.5. The summed E-state index contributed by atoms with van der Waals surface area (Å²) in [6.45, 7) is 12.7. The van der Waals surface area contributed by atoms with Gasteiger partial charge in [0.2, 0.25) is 0 Å². The number of halogens is 1. The largest absolute Gasteiger partial charge is 0.298 e. The molecule has 0 aromatic rings. The summed E-state index contributed by atoms with van der Waals surface area (Å²) in [5.41, 5.74) is 0.286. The maximum absolute atomic E-state index is 12.9. The molecule has 4 heteroatoms. The normalized spacial score (nSPS) is 27.5. The van der Waals surface area contributed by atoms with Crippen LogP contribution in [0.5, 0.6) is 0 Å². The van der Waals surface area contributed by atoms with E-state index < -0.39 is 0 Å². The molecule has 0 aromatic carbocycles. The minimum Gasteiger partial charge on any atom is -0.298 e. The number of hydrogen-bond acceptors (Lipinski definition) is 3. The fourth-order valence-corrected chi connectivity index (χ4v) is 2.96. The van der Waals surface area contributed by atoms with Crippen LogP contribution in [0.1, 0.15) is 33.6 Å². The molecule has 0 bridgehead atoms. The Balaban J connectivity index is 1.79. The van der Waals surface area contributed by atoms with E-state index in [0.717, 1.165) is 44.1 Å². The van der Waals surface area contributed by atoms with Crippen LogP contribution >= 0.6 is 0 Å². The van der Waals surface area contributed by atoms with Crippen molar-refractivity contribution in [3.63, 3.8) is 0 Å². The van der Waals surface area contributed by atoms with Crippen molar-refractivity contribution >= 4 is 0 Å². The third-order valence-corrected chi connectivity index (χ3v) is 4.19. The summed E-state index contributed by atoms with van der Waals surface area (Å²) in [4.78, 5) is 5.11. The van der Waals surface area contributed by atoms with Gasteiger partial charge < -0.3 is 0 Å². The standard InChI is InChI=1S/C13H26FN3/c1-13(2,3)16-10-8-15(9-11-16)12-4-6-17(14)7-5-12/h12H,4-11H2,1-3H3. The van der Waals surface area contributed by atoms with Crippen molar-refractivity contribution in [1.82, 2.24) is 14.9 Å². The molecule has 0 N–H and O–H groups in total. The first kappa shape index (κ1) is 13.2. The monoisotopic (exact) mass is 243 g/mol. The molecule has 0 radical (unpaired) electrons. The predicted molar refractivity (Wildman–Crippen MR) is 68.6 cm³/mol. The van der Waals surface area contributed by atoms with Crippen LogP contribution in [0.4, 0.5) is 4.48 Å². The van der Waals surface area contributed by atoms with Gasteiger partial charge in [-0.3, -0.25) is 9.80 Å². The van der Waals surface area contributed by atoms with Gasteiger partial charge in [-0.05, 0) is 33.6 Å². The van der Waals surface area contributed by atoms with Gasteiger partial charge in [-0.25, -0.2) is 0 Å². The van der Waals surface area contributed by atoms with Gasteiger partial charge in [0, 0.05) is 50.8 Å². The highest BCUT2D eigenvalue weighted by Gasteiger charge is 2.30. The Bertz CT molecular complexity index is 236. The number of piperidine rings is 1. The van der Waals surface area contributed by atoms with Gasteiger partial charge in [0.15, 0.2) is 0 Å². The van der Waals surface area contributed by atoms with E-state index in [-0.39, 0.29) is 5.54 Å². The minimum atomic E-state index is 0.286. The maximum Gasteiger partial charge on any atom is 0.0305 e. The molecule has 0 amide bonds. The first-order valence-corrected chi connectivity index (χ1v) is 6.86. The second kappa shape index (κ2) is 5.21. The molecule has 2 aliphatic heterocycles. The molecule has 17 heavy (non-hydrogen) atoms. The molecule has 100 valence electrons. The molecular formula is C13H26FN3. The average molecular weight is 243 g/mol. The lowest BCUT2D eigenvalue weighted by molar-refractivity contribution is -0.0339. The molecule has 2 rings (SSSR count). The van der Waals surface area contributed by atoms with Crippen molar-refractivity contribution in [3.05, 3.63) is 0 Å². The Morgan fingerprint density at radius 1 is 0.882 bits per heavy atom. The highest BCUT2D eigenvalue weighted by Crippen LogP contribution is 2.21. The summed E-state index contributed by atoms with van der Waals surface area (Å²) in [5, 5.41) is 0.960. The van der Waals surface area contributed by atoms with Crippen LogP contribution in [-0.2, 0) is 0 Å². The first-order chi connectivity index (χ1) is 7.97. The summed E-state index contributed by atoms with van der Waals surface area (Å²) in [6, 6.07) is 0.615. The van der Waals surface area contributed by atoms with E-state index >= 15 is 0 Å². The minimum absolute atomic E-state index is 0.286. The molecule has 2 fully saturated rings. The quantitative estimate of drug-likeness (QED) is 0.650. The van der Waals surface area contributed by atoms with E-state index in [4.69, 9.17) is 0 Å². The number of rotatable bonds is 1. The topological polar surface area (TPSA) is 9.72 Å². The summed E-state index contributed by atoms with van der Waals surface area (Å²) in [7, 11) is 0. The van der Waals surface area contributed by atoms with Gasteiger partial charge in [0.25, 0.3) is 0 Å². The summed E-state index contributed by atoms with van der Waals surface area (Å²) in [6.07, 6.45) is 1.98. The number of hydrogen-bond donors (Lipinski definition) is 0. The Morgan fingerprint density at radius 3 is 1.88 bits per heavy atom. The van der Waals surface area contributed by atoms with Gasteiger partial charge in [0.1, 0.15) is 0 Å². The smallest absolute Gasteiger partial charge is 0.0305 e. The van der Waals surface area contributed by atoms with Crippen LogP contribution in [0, 0.1) is 0 Å². The lowest BCUT2D eigenvalue weighted by Crippen LogP contribution is -2.56. The molecule has 0 aromatic heterocycles. The first-order valence-electron chi connectivity index (χ1n) is 6.86. The lowest BCUT2D eigenvalue weighted by atomic mass is 10.0. The van der Waals surface area contributed by atoms with Crippen LogP contribution in [0.15, 0.2) is 0 Å². The number of piperazine rings is 1. The highest BCUT2D eigenvalue weighted by molar-refractivity contribution is 4.86. The Labute approximate surface area is 104 Å². The zero-order chi connectivity index (χ0) is 12.5. The molecule has 3 nitrogen and oxygen atoms in total. The van der Waals surface area contributed by atoms with E-state index in [2.05, 4.69) is 30.6 Å². The molecule has 0 unspecified atom stereocenters. The zero-order valence-electron chi connectivity index (χ0n) is 11.5. The van der Waals surface area contributed by atoms with E-state index in [1.165, 1.54) is 0 Å². The van der Waals surface area contributed by atoms with Crippen molar-refractivity contribution in [2.75, 3.05) is 39.3 Å². The van der Waals surface area contributed by atoms with Crippen molar-refractivity contribution in [2.24, 2.45) is 0 Å². The second-order valence-electron chi connectivity index (χ2n) is 6.33. The Hall–Kier alpha value is -0.190. The highest BCUT2D eigenvalue weighted by atomic mass is 19.2. The second-order valence-corrected chi connectivity index (χ2v) is 6.33. The van der Waals surface area contributed by atoms with Crippen molar-refractivity contribution in [2.45, 2.75) is 45.2 Å². The Morgan fingerprint density at radius 2 is 1.41 bits per heavy atom. The summed E-state index contributed by atoms with van der Waals surface area (Å²) in [5.74, 6) is 0. The third kappa shape index (κ3) is 3.39. The Kier molecular flexibility index (Phi) is 4.06. The van der Waals surface area contributed by atoms with Crippen LogP contribution < -0.4 is 0 Å². The van der Waals surface area contributed by atoms with Crippen LogP contribution in [0.3, 0.4) is 0 Å². The third-order valence-electron chi connectivity index (χ3n) is 4.19. The van der Waals surface area contributed by atoms with Crippen LogP contribution in [-0.4, -0.2) is 65.8 Å². The summed E-state index contributed by atoms with van der Waals surface area (Å²) >= 11 is 0. The lowest BCUT2D eigenvalue weighted by Gasteiger charge is -2.45. The van der Waals surface area contributed by atoms with E-state index in [9.17, 15) is 4.48 Å². The van der Waals surface area contributed by atoms with Gasteiger partial charge >= 0.3 is 0 Å². The predicted octanol–water partition coefficient (Wildman–Crippen LogP) is 1.75. The SMILES string of the molecule is CC(C)(C)N1CCN(C2CCN(F)CC2)CC1. The molecular weight excluding hydrogens is 217 g/mol. The van der Waals surface area contributed by atoms with E-state index in [1.807, 2.05) is 0 Å². The molecule has 2 aliphatic rings. The molecule has 0 aliphatic carbocycles. The molecule has 0 atom stereocenters. The molecule has 2 saturated heterocycles. The van der Waals surface area contributed by atoms with Crippen molar-refractivity contribution in [1.29, 1.82) is 0 Å². The van der Waals surface area contributed by atoms with E-state index in [0.29, 0.717) is 19.1 Å². The van der Waals surface area contributed by atoms with E-state index in [1.54, 1.807) is 0 Å². The number of nitrogens with zero attached hydrogens (tertiary/aromatic N) is 3. The van der Waals surface area contributed by atoms with Crippen molar-refractivity contribution < 1.29 is 4.48 Å². The maximum atomic E-state index is 12.9. The van der Waals surface area contributed by atoms with Crippen LogP contribution in [0.25, 0.3) is 0 Å². The fraction of sp³-hybridized carbons (Fsp3) is 1.00. The van der Waals surface area contributed by atoms with Gasteiger partial charge in [-0.2, -0.15) is 0 Å². The summed E-state index contributed by atoms with van der Waals surface area (Å²) < 4.78 is 12.9. The van der Waals surface area contributed by atoms with Gasteiger partial charge in [-0.1, -0.05) is 0 Å².